The third kappa shape index (κ3) is 6.29. The van der Waals surface area contributed by atoms with Gasteiger partial charge in [-0.05, 0) is 35.9 Å². The minimum Gasteiger partial charge on any atom is -0.496 e. The zero-order chi connectivity index (χ0) is 18.2. The van der Waals surface area contributed by atoms with Crippen molar-refractivity contribution in [1.82, 2.24) is 5.32 Å². The molecule has 0 unspecified atom stereocenters. The van der Waals surface area contributed by atoms with Crippen molar-refractivity contribution in [1.29, 1.82) is 0 Å². The van der Waals surface area contributed by atoms with Gasteiger partial charge >= 0.3 is 5.97 Å². The van der Waals surface area contributed by atoms with Crippen LogP contribution in [0.2, 0.25) is 10.0 Å². The predicted molar refractivity (Wildman–Crippen MR) is 96.0 cm³/mol. The zero-order valence-electron chi connectivity index (χ0n) is 13.6. The third-order valence-electron chi connectivity index (χ3n) is 3.34. The molecule has 0 aliphatic carbocycles. The van der Waals surface area contributed by atoms with Gasteiger partial charge in [0, 0.05) is 22.2 Å². The quantitative estimate of drug-likeness (QED) is 0.746. The van der Waals surface area contributed by atoms with E-state index in [0.29, 0.717) is 27.9 Å². The molecule has 0 bridgehead atoms. The molecular weight excluding hydrogens is 365 g/mol. The summed E-state index contributed by atoms with van der Waals surface area (Å²) in [6, 6.07) is 12.1. The van der Waals surface area contributed by atoms with Gasteiger partial charge in [0.15, 0.2) is 6.61 Å². The minimum absolute atomic E-state index is 0.0335. The number of carbonyl (C=O) groups is 2. The number of methoxy groups -OCH3 is 1. The van der Waals surface area contributed by atoms with E-state index in [0.717, 1.165) is 5.56 Å². The van der Waals surface area contributed by atoms with Gasteiger partial charge in [-0.25, -0.2) is 0 Å². The number of carbonyl (C=O) groups excluding carboxylic acids is 2. The highest BCUT2D eigenvalue weighted by Crippen LogP contribution is 2.23. The standard InChI is InChI=1S/C18H17Cl2NO4/c1-24-16-7-6-15(20)8-13(16)9-18(23)25-11-17(22)21-10-12-2-4-14(19)5-3-12/h2-8H,9-11H2,1H3,(H,21,22). The third-order valence-corrected chi connectivity index (χ3v) is 3.83. The summed E-state index contributed by atoms with van der Waals surface area (Å²) in [5.74, 6) is -0.392. The van der Waals surface area contributed by atoms with Crippen molar-refractivity contribution in [2.75, 3.05) is 13.7 Å². The Morgan fingerprint density at radius 3 is 2.40 bits per heavy atom. The van der Waals surface area contributed by atoms with Gasteiger partial charge in [-0.2, -0.15) is 0 Å². The lowest BCUT2D eigenvalue weighted by atomic mass is 10.1. The van der Waals surface area contributed by atoms with E-state index in [-0.39, 0.29) is 18.9 Å². The van der Waals surface area contributed by atoms with Crippen LogP contribution in [0.5, 0.6) is 5.75 Å². The monoisotopic (exact) mass is 381 g/mol. The molecule has 0 saturated heterocycles. The molecule has 25 heavy (non-hydrogen) atoms. The molecule has 7 heteroatoms. The van der Waals surface area contributed by atoms with Crippen molar-refractivity contribution in [3.8, 4) is 5.75 Å². The van der Waals surface area contributed by atoms with Crippen molar-refractivity contribution < 1.29 is 19.1 Å². The van der Waals surface area contributed by atoms with Crippen LogP contribution in [-0.2, 0) is 27.3 Å². The Morgan fingerprint density at radius 2 is 1.72 bits per heavy atom. The normalized spacial score (nSPS) is 10.2. The fourth-order valence-electron chi connectivity index (χ4n) is 2.09. The maximum Gasteiger partial charge on any atom is 0.310 e. The molecule has 0 aliphatic rings. The van der Waals surface area contributed by atoms with Crippen LogP contribution in [0.1, 0.15) is 11.1 Å². The summed E-state index contributed by atoms with van der Waals surface area (Å²) in [6.07, 6.45) is -0.0335. The SMILES string of the molecule is COc1ccc(Cl)cc1CC(=O)OCC(=O)NCc1ccc(Cl)cc1. The van der Waals surface area contributed by atoms with E-state index in [1.807, 2.05) is 0 Å². The molecule has 2 aromatic carbocycles. The van der Waals surface area contributed by atoms with Gasteiger partial charge in [0.1, 0.15) is 5.75 Å². The molecule has 5 nitrogen and oxygen atoms in total. The molecule has 0 atom stereocenters. The first-order chi connectivity index (χ1) is 12.0. The second-order valence-corrected chi connectivity index (χ2v) is 6.07. The Morgan fingerprint density at radius 1 is 1.04 bits per heavy atom. The average Bonchev–Trinajstić information content (AvgIpc) is 2.59. The van der Waals surface area contributed by atoms with Crippen molar-refractivity contribution in [3.05, 3.63) is 63.6 Å². The summed E-state index contributed by atoms with van der Waals surface area (Å²) in [4.78, 5) is 23.6. The summed E-state index contributed by atoms with van der Waals surface area (Å²) in [7, 11) is 1.50. The first-order valence-electron chi connectivity index (χ1n) is 7.47. The highest BCUT2D eigenvalue weighted by molar-refractivity contribution is 6.30. The first kappa shape index (κ1) is 19.1. The van der Waals surface area contributed by atoms with Crippen molar-refractivity contribution in [2.45, 2.75) is 13.0 Å². The number of amides is 1. The number of benzene rings is 2. The second-order valence-electron chi connectivity index (χ2n) is 5.20. The number of ether oxygens (including phenoxy) is 2. The second kappa shape index (κ2) is 9.30. The lowest BCUT2D eigenvalue weighted by Crippen LogP contribution is -2.28. The molecule has 0 saturated carbocycles. The summed E-state index contributed by atoms with van der Waals surface area (Å²) in [5.41, 5.74) is 1.49. The Labute approximate surface area is 155 Å². The molecule has 0 spiro atoms. The Kier molecular flexibility index (Phi) is 7.10. The van der Waals surface area contributed by atoms with E-state index >= 15 is 0 Å². The van der Waals surface area contributed by atoms with Crippen LogP contribution in [0.25, 0.3) is 0 Å². The largest absolute Gasteiger partial charge is 0.496 e. The molecule has 2 aromatic rings. The van der Waals surface area contributed by atoms with Crippen LogP contribution >= 0.6 is 23.2 Å². The fourth-order valence-corrected chi connectivity index (χ4v) is 2.41. The van der Waals surface area contributed by atoms with Gasteiger partial charge in [-0.3, -0.25) is 9.59 Å². The van der Waals surface area contributed by atoms with E-state index < -0.39 is 5.97 Å². The van der Waals surface area contributed by atoms with E-state index in [9.17, 15) is 9.59 Å². The lowest BCUT2D eigenvalue weighted by molar-refractivity contribution is -0.147. The van der Waals surface area contributed by atoms with E-state index in [4.69, 9.17) is 32.7 Å². The number of hydrogen-bond donors (Lipinski definition) is 1. The maximum atomic E-state index is 11.9. The number of rotatable bonds is 7. The topological polar surface area (TPSA) is 64.6 Å². The van der Waals surface area contributed by atoms with Crippen LogP contribution in [-0.4, -0.2) is 25.6 Å². The van der Waals surface area contributed by atoms with Crippen molar-refractivity contribution in [2.24, 2.45) is 0 Å². The highest BCUT2D eigenvalue weighted by atomic mass is 35.5. The van der Waals surface area contributed by atoms with Gasteiger partial charge in [0.05, 0.1) is 13.5 Å². The van der Waals surface area contributed by atoms with Crippen LogP contribution in [0.15, 0.2) is 42.5 Å². The zero-order valence-corrected chi connectivity index (χ0v) is 15.1. The molecule has 0 radical (unpaired) electrons. The van der Waals surface area contributed by atoms with Gasteiger partial charge in [-0.15, -0.1) is 0 Å². The molecule has 2 rings (SSSR count). The van der Waals surface area contributed by atoms with E-state index in [1.54, 1.807) is 42.5 Å². The fraction of sp³-hybridized carbons (Fsp3) is 0.222. The van der Waals surface area contributed by atoms with Gasteiger partial charge < -0.3 is 14.8 Å². The number of esters is 1. The maximum absolute atomic E-state index is 11.9. The van der Waals surface area contributed by atoms with Crippen LogP contribution in [0, 0.1) is 0 Å². The smallest absolute Gasteiger partial charge is 0.310 e. The van der Waals surface area contributed by atoms with Crippen LogP contribution in [0.4, 0.5) is 0 Å². The van der Waals surface area contributed by atoms with Gasteiger partial charge in [-0.1, -0.05) is 35.3 Å². The highest BCUT2D eigenvalue weighted by Gasteiger charge is 2.12. The van der Waals surface area contributed by atoms with E-state index in [2.05, 4.69) is 5.32 Å². The number of nitrogens with one attached hydrogen (secondary N) is 1. The minimum atomic E-state index is -0.540. The molecule has 132 valence electrons. The molecule has 0 heterocycles. The lowest BCUT2D eigenvalue weighted by Gasteiger charge is -2.09. The Hall–Kier alpha value is -2.24. The average molecular weight is 382 g/mol. The first-order valence-corrected chi connectivity index (χ1v) is 8.22. The molecule has 0 aromatic heterocycles. The Bertz CT molecular complexity index is 747. The summed E-state index contributed by atoms with van der Waals surface area (Å²) in [6.45, 7) is -0.0228. The van der Waals surface area contributed by atoms with Crippen molar-refractivity contribution >= 4 is 35.1 Å². The van der Waals surface area contributed by atoms with Crippen LogP contribution < -0.4 is 10.1 Å². The van der Waals surface area contributed by atoms with Crippen molar-refractivity contribution in [3.63, 3.8) is 0 Å². The summed E-state index contributed by atoms with van der Waals surface area (Å²) in [5, 5.41) is 3.78. The number of hydrogen-bond acceptors (Lipinski definition) is 4. The van der Waals surface area contributed by atoms with E-state index in [1.165, 1.54) is 7.11 Å². The Balaban J connectivity index is 1.78. The summed E-state index contributed by atoms with van der Waals surface area (Å²) < 4.78 is 10.2. The van der Waals surface area contributed by atoms with Gasteiger partial charge in [0.2, 0.25) is 0 Å². The molecule has 1 amide bonds. The molecule has 0 aliphatic heterocycles. The predicted octanol–water partition coefficient (Wildman–Crippen LogP) is 3.40. The number of halogens is 2. The van der Waals surface area contributed by atoms with Crippen LogP contribution in [0.3, 0.4) is 0 Å². The molecule has 1 N–H and O–H groups in total. The van der Waals surface area contributed by atoms with Gasteiger partial charge in [0.25, 0.3) is 5.91 Å². The summed E-state index contributed by atoms with van der Waals surface area (Å²) >= 11 is 11.7. The molecular formula is C18H17Cl2NO4. The molecule has 0 fully saturated rings.